The zero-order valence-corrected chi connectivity index (χ0v) is 10.0. The molecule has 0 spiro atoms. The van der Waals surface area contributed by atoms with Crippen molar-refractivity contribution in [3.05, 3.63) is 0 Å². The zero-order chi connectivity index (χ0) is 11.4. The summed E-state index contributed by atoms with van der Waals surface area (Å²) in [6, 6.07) is 0. The summed E-state index contributed by atoms with van der Waals surface area (Å²) in [5.41, 5.74) is 5.56. The largest absolute Gasteiger partial charge is 0.385 e. The van der Waals surface area contributed by atoms with Gasteiger partial charge < -0.3 is 19.9 Å². The number of hydrogen-bond acceptors (Lipinski definition) is 4. The summed E-state index contributed by atoms with van der Waals surface area (Å²) in [4.78, 5) is 0. The van der Waals surface area contributed by atoms with Gasteiger partial charge in [-0.25, -0.2) is 0 Å². The Kier molecular flexibility index (Phi) is 11.8. The van der Waals surface area contributed by atoms with Crippen molar-refractivity contribution in [2.24, 2.45) is 5.73 Å². The maximum Gasteiger partial charge on any atom is 0.0704 e. The summed E-state index contributed by atoms with van der Waals surface area (Å²) in [6.45, 7) is 5.49. The van der Waals surface area contributed by atoms with Crippen LogP contribution < -0.4 is 5.73 Å². The zero-order valence-electron chi connectivity index (χ0n) is 10.0. The molecule has 0 bridgehead atoms. The molecule has 0 aliphatic rings. The molecule has 0 radical (unpaired) electrons. The van der Waals surface area contributed by atoms with E-state index in [0.29, 0.717) is 19.8 Å². The number of ether oxygens (including phenoxy) is 3. The van der Waals surface area contributed by atoms with Gasteiger partial charge in [0.05, 0.1) is 19.3 Å². The van der Waals surface area contributed by atoms with E-state index >= 15 is 0 Å². The molecule has 0 aromatic rings. The smallest absolute Gasteiger partial charge is 0.0704 e. The Balaban J connectivity index is 3.14. The third-order valence-electron chi connectivity index (χ3n) is 2.09. The van der Waals surface area contributed by atoms with Gasteiger partial charge in [0.15, 0.2) is 0 Å². The van der Waals surface area contributed by atoms with Crippen LogP contribution in [0, 0.1) is 0 Å². The van der Waals surface area contributed by atoms with Crippen molar-refractivity contribution in [3.63, 3.8) is 0 Å². The normalized spacial score (nSPS) is 13.0. The molecule has 0 aromatic carbocycles. The molecule has 1 atom stereocenters. The fourth-order valence-corrected chi connectivity index (χ4v) is 1.27. The molecule has 92 valence electrons. The van der Waals surface area contributed by atoms with E-state index in [1.165, 1.54) is 0 Å². The quantitative estimate of drug-likeness (QED) is 0.530. The highest BCUT2D eigenvalue weighted by Crippen LogP contribution is 1.99. The van der Waals surface area contributed by atoms with Crippen LogP contribution >= 0.6 is 0 Å². The van der Waals surface area contributed by atoms with Crippen LogP contribution in [0.4, 0.5) is 0 Å². The van der Waals surface area contributed by atoms with Crippen molar-refractivity contribution in [2.75, 3.05) is 40.1 Å². The summed E-state index contributed by atoms with van der Waals surface area (Å²) in [5.74, 6) is 0. The molecular formula is C11H25NO3. The van der Waals surface area contributed by atoms with Gasteiger partial charge in [-0.05, 0) is 12.8 Å². The monoisotopic (exact) mass is 219 g/mol. The van der Waals surface area contributed by atoms with E-state index in [0.717, 1.165) is 32.5 Å². The Morgan fingerprint density at radius 3 is 2.53 bits per heavy atom. The minimum atomic E-state index is 0.192. The van der Waals surface area contributed by atoms with Gasteiger partial charge in [0.25, 0.3) is 0 Å². The molecule has 0 heterocycles. The third-order valence-corrected chi connectivity index (χ3v) is 2.09. The first-order chi connectivity index (χ1) is 7.35. The molecule has 0 rings (SSSR count). The summed E-state index contributed by atoms with van der Waals surface area (Å²) < 4.78 is 15.8. The van der Waals surface area contributed by atoms with Crippen LogP contribution in [0.15, 0.2) is 0 Å². The van der Waals surface area contributed by atoms with Crippen LogP contribution in [0.2, 0.25) is 0 Å². The SMILES string of the molecule is CCCC(CN)OCCOCCCOC. The Bertz CT molecular complexity index is 122. The molecular weight excluding hydrogens is 194 g/mol. The first-order valence-electron chi connectivity index (χ1n) is 5.73. The van der Waals surface area contributed by atoms with E-state index in [2.05, 4.69) is 6.92 Å². The Morgan fingerprint density at radius 1 is 1.13 bits per heavy atom. The first kappa shape index (κ1) is 14.8. The highest BCUT2D eigenvalue weighted by molar-refractivity contribution is 4.56. The Morgan fingerprint density at radius 2 is 1.93 bits per heavy atom. The number of hydrogen-bond donors (Lipinski definition) is 1. The minimum Gasteiger partial charge on any atom is -0.385 e. The molecule has 4 heteroatoms. The lowest BCUT2D eigenvalue weighted by molar-refractivity contribution is 0.00164. The second-order valence-electron chi connectivity index (χ2n) is 3.48. The summed E-state index contributed by atoms with van der Waals surface area (Å²) >= 11 is 0. The van der Waals surface area contributed by atoms with Crippen molar-refractivity contribution >= 4 is 0 Å². The van der Waals surface area contributed by atoms with Gasteiger partial charge >= 0.3 is 0 Å². The maximum absolute atomic E-state index is 5.56. The Labute approximate surface area is 93.1 Å². The predicted octanol–water partition coefficient (Wildman–Crippen LogP) is 1.18. The second-order valence-corrected chi connectivity index (χ2v) is 3.48. The van der Waals surface area contributed by atoms with E-state index in [1.54, 1.807) is 7.11 Å². The molecule has 0 saturated heterocycles. The summed E-state index contributed by atoms with van der Waals surface area (Å²) in [7, 11) is 1.69. The van der Waals surface area contributed by atoms with Crippen molar-refractivity contribution < 1.29 is 14.2 Å². The molecule has 0 fully saturated rings. The van der Waals surface area contributed by atoms with Crippen molar-refractivity contribution in [1.82, 2.24) is 0 Å². The molecule has 0 amide bonds. The highest BCUT2D eigenvalue weighted by atomic mass is 16.5. The first-order valence-corrected chi connectivity index (χ1v) is 5.73. The average Bonchev–Trinajstić information content (AvgIpc) is 2.26. The van der Waals surface area contributed by atoms with E-state index in [4.69, 9.17) is 19.9 Å². The summed E-state index contributed by atoms with van der Waals surface area (Å²) in [6.07, 6.45) is 3.26. The van der Waals surface area contributed by atoms with Gasteiger partial charge in [-0.2, -0.15) is 0 Å². The van der Waals surface area contributed by atoms with Gasteiger partial charge in [0.1, 0.15) is 0 Å². The van der Waals surface area contributed by atoms with Crippen molar-refractivity contribution in [3.8, 4) is 0 Å². The fraction of sp³-hybridized carbons (Fsp3) is 1.00. The molecule has 15 heavy (non-hydrogen) atoms. The minimum absolute atomic E-state index is 0.192. The van der Waals surface area contributed by atoms with Crippen molar-refractivity contribution in [2.45, 2.75) is 32.3 Å². The average molecular weight is 219 g/mol. The molecule has 0 aromatic heterocycles. The third kappa shape index (κ3) is 10.1. The topological polar surface area (TPSA) is 53.7 Å². The van der Waals surface area contributed by atoms with E-state index < -0.39 is 0 Å². The second kappa shape index (κ2) is 11.9. The lowest BCUT2D eigenvalue weighted by atomic mass is 10.2. The molecule has 0 saturated carbocycles. The highest BCUT2D eigenvalue weighted by Gasteiger charge is 2.04. The van der Waals surface area contributed by atoms with E-state index in [-0.39, 0.29) is 6.10 Å². The van der Waals surface area contributed by atoms with Gasteiger partial charge in [-0.15, -0.1) is 0 Å². The van der Waals surface area contributed by atoms with Gasteiger partial charge in [-0.3, -0.25) is 0 Å². The lowest BCUT2D eigenvalue weighted by Crippen LogP contribution is -2.25. The van der Waals surface area contributed by atoms with Gasteiger partial charge in [0.2, 0.25) is 0 Å². The standard InChI is InChI=1S/C11H25NO3/c1-3-5-11(10-12)15-9-8-14-7-4-6-13-2/h11H,3-10,12H2,1-2H3. The van der Waals surface area contributed by atoms with Gasteiger partial charge in [-0.1, -0.05) is 13.3 Å². The molecule has 4 nitrogen and oxygen atoms in total. The number of nitrogens with two attached hydrogens (primary N) is 1. The maximum atomic E-state index is 5.56. The molecule has 2 N–H and O–H groups in total. The van der Waals surface area contributed by atoms with Crippen molar-refractivity contribution in [1.29, 1.82) is 0 Å². The van der Waals surface area contributed by atoms with Crippen LogP contribution in [0.3, 0.4) is 0 Å². The Hall–Kier alpha value is -0.160. The van der Waals surface area contributed by atoms with Crippen LogP contribution in [0.25, 0.3) is 0 Å². The van der Waals surface area contributed by atoms with Gasteiger partial charge in [0, 0.05) is 26.9 Å². The van der Waals surface area contributed by atoms with Crippen LogP contribution in [-0.4, -0.2) is 46.2 Å². The molecule has 0 aliphatic carbocycles. The van der Waals surface area contributed by atoms with Crippen LogP contribution in [0.5, 0.6) is 0 Å². The van der Waals surface area contributed by atoms with Crippen LogP contribution in [0.1, 0.15) is 26.2 Å². The van der Waals surface area contributed by atoms with Crippen LogP contribution in [-0.2, 0) is 14.2 Å². The molecule has 0 aliphatic heterocycles. The van der Waals surface area contributed by atoms with E-state index in [1.807, 2.05) is 0 Å². The molecule has 1 unspecified atom stereocenters. The predicted molar refractivity (Wildman–Crippen MR) is 61.0 cm³/mol. The number of rotatable bonds is 11. The summed E-state index contributed by atoms with van der Waals surface area (Å²) in [5, 5.41) is 0. The van der Waals surface area contributed by atoms with E-state index in [9.17, 15) is 0 Å². The number of methoxy groups -OCH3 is 1. The fourth-order valence-electron chi connectivity index (χ4n) is 1.27. The lowest BCUT2D eigenvalue weighted by Gasteiger charge is -2.14.